The number of rotatable bonds is 17. The number of benzene rings is 3. The summed E-state index contributed by atoms with van der Waals surface area (Å²) in [4.78, 5) is 83.0. The zero-order valence-corrected chi connectivity index (χ0v) is 35.0. The maximum absolute atomic E-state index is 14.0. The number of nitrogens with zero attached hydrogens (tertiary/aromatic N) is 3. The number of carbonyl (C=O) groups excluding carboxylic acids is 6. The van der Waals surface area contributed by atoms with Crippen molar-refractivity contribution in [2.45, 2.75) is 69.9 Å². The van der Waals surface area contributed by atoms with Gasteiger partial charge in [-0.3, -0.25) is 44.0 Å². The highest BCUT2D eigenvalue weighted by Gasteiger charge is 2.46. The number of pyridine rings is 1. The van der Waals surface area contributed by atoms with E-state index < -0.39 is 29.7 Å². The molecule has 16 heteroatoms. The highest BCUT2D eigenvalue weighted by atomic mass is 19.1. The van der Waals surface area contributed by atoms with Gasteiger partial charge in [-0.05, 0) is 110 Å². The highest BCUT2D eigenvalue weighted by Crippen LogP contribution is 2.41. The first kappa shape index (κ1) is 43.4. The molecule has 3 aromatic carbocycles. The van der Waals surface area contributed by atoms with E-state index in [1.165, 1.54) is 12.1 Å². The van der Waals surface area contributed by atoms with Gasteiger partial charge in [-0.2, -0.15) is 0 Å². The Morgan fingerprint density at radius 1 is 0.873 bits per heavy atom. The largest absolute Gasteiger partial charge is 0.490 e. The summed E-state index contributed by atoms with van der Waals surface area (Å²) in [5.74, 6) is -1.43. The summed E-state index contributed by atoms with van der Waals surface area (Å²) < 4.78 is 37.0. The van der Waals surface area contributed by atoms with Gasteiger partial charge >= 0.3 is 0 Å². The number of imide groups is 2. The second kappa shape index (κ2) is 19.4. The molecule has 4 aliphatic rings. The van der Waals surface area contributed by atoms with E-state index in [0.717, 1.165) is 47.0 Å². The first-order chi connectivity index (χ1) is 30.5. The summed E-state index contributed by atoms with van der Waals surface area (Å²) in [6.07, 6.45) is 5.68. The molecule has 0 radical (unpaired) electrons. The van der Waals surface area contributed by atoms with Crippen molar-refractivity contribution in [2.24, 2.45) is 11.8 Å². The molecule has 0 spiro atoms. The lowest BCUT2D eigenvalue weighted by Crippen LogP contribution is -2.56. The van der Waals surface area contributed by atoms with Gasteiger partial charge in [0, 0.05) is 29.6 Å². The fourth-order valence-corrected chi connectivity index (χ4v) is 8.88. The standard InChI is InChI=1S/C47H50FN5O10/c1-28(29-5-7-30(8-6-29)35-17-19-49-38-14-9-31(48)25-37(35)38)44(56)50-32-10-12-33(13-11-32)63-34-26-52(27-34)42(55)18-20-60-21-22-61-23-24-62-40-4-2-3-36-43(40)47(59)53(46(36)58)39-15-16-41(54)51-45(39)57/h2-4,9-14,17,19,25,28-30,34,39H,5-8,15-16,18,20-24,26-27H2,1H3,(H,50,56)(H,51,54,57)/t28-,29?,30?,39?/m1/s1. The number of likely N-dealkylation sites (tertiary alicyclic amines) is 1. The maximum Gasteiger partial charge on any atom is 0.266 e. The molecule has 1 saturated carbocycles. The number of nitrogens with one attached hydrogen (secondary N) is 2. The Bertz CT molecular complexity index is 2380. The summed E-state index contributed by atoms with van der Waals surface area (Å²) in [5.41, 5.74) is 2.83. The van der Waals surface area contributed by atoms with Gasteiger partial charge in [0.15, 0.2) is 0 Å². The van der Waals surface area contributed by atoms with E-state index in [4.69, 9.17) is 18.9 Å². The third-order valence-corrected chi connectivity index (χ3v) is 12.4. The fraction of sp³-hybridized carbons (Fsp3) is 0.426. The van der Waals surface area contributed by atoms with E-state index in [9.17, 15) is 33.2 Å². The van der Waals surface area contributed by atoms with Gasteiger partial charge in [0.2, 0.25) is 23.6 Å². The number of carbonyl (C=O) groups is 6. The number of ether oxygens (including phenoxy) is 4. The number of halogens is 1. The predicted octanol–water partition coefficient (Wildman–Crippen LogP) is 5.42. The monoisotopic (exact) mass is 863 g/mol. The van der Waals surface area contributed by atoms with E-state index in [1.54, 1.807) is 35.4 Å². The van der Waals surface area contributed by atoms with Crippen molar-refractivity contribution in [2.75, 3.05) is 51.4 Å². The normalized spacial score (nSPS) is 20.6. The van der Waals surface area contributed by atoms with Crippen LogP contribution in [0.25, 0.3) is 10.9 Å². The second-order valence-electron chi connectivity index (χ2n) is 16.5. The summed E-state index contributed by atoms with van der Waals surface area (Å²) in [7, 11) is 0. The Kier molecular flexibility index (Phi) is 13.4. The molecule has 8 rings (SSSR count). The number of fused-ring (bicyclic) bond motifs is 2. The van der Waals surface area contributed by atoms with Crippen LogP contribution in [0, 0.1) is 17.7 Å². The molecule has 2 N–H and O–H groups in total. The molecule has 1 aliphatic carbocycles. The van der Waals surface area contributed by atoms with Gasteiger partial charge in [-0.1, -0.05) is 13.0 Å². The molecule has 6 amide bonds. The molecule has 15 nitrogen and oxygen atoms in total. The average molecular weight is 864 g/mol. The van der Waals surface area contributed by atoms with E-state index >= 15 is 0 Å². The van der Waals surface area contributed by atoms with Crippen molar-refractivity contribution in [3.05, 3.63) is 95.4 Å². The highest BCUT2D eigenvalue weighted by molar-refractivity contribution is 6.24. The van der Waals surface area contributed by atoms with Crippen LogP contribution in [0.15, 0.2) is 72.9 Å². The Morgan fingerprint density at radius 2 is 1.62 bits per heavy atom. The van der Waals surface area contributed by atoms with Gasteiger partial charge in [-0.15, -0.1) is 0 Å². The van der Waals surface area contributed by atoms with Crippen LogP contribution in [0.2, 0.25) is 0 Å². The van der Waals surface area contributed by atoms with Crippen LogP contribution in [-0.2, 0) is 28.7 Å². The second-order valence-corrected chi connectivity index (χ2v) is 16.5. The Labute approximate surface area is 363 Å². The minimum absolute atomic E-state index is 0.0201. The van der Waals surface area contributed by atoms with Gasteiger partial charge in [0.25, 0.3) is 11.8 Å². The van der Waals surface area contributed by atoms with Crippen molar-refractivity contribution in [1.82, 2.24) is 20.1 Å². The minimum atomic E-state index is -1.06. The number of piperidine rings is 1. The maximum atomic E-state index is 14.0. The number of hydrogen-bond acceptors (Lipinski definition) is 11. The quantitative estimate of drug-likeness (QED) is 0.102. The Hall–Kier alpha value is -6.26. The number of hydrogen-bond donors (Lipinski definition) is 2. The van der Waals surface area contributed by atoms with Crippen LogP contribution in [0.1, 0.15) is 84.1 Å². The molecule has 0 bridgehead atoms. The van der Waals surface area contributed by atoms with Crippen LogP contribution < -0.4 is 20.1 Å². The predicted molar refractivity (Wildman–Crippen MR) is 226 cm³/mol. The smallest absolute Gasteiger partial charge is 0.266 e. The topological polar surface area (TPSA) is 183 Å². The Morgan fingerprint density at radius 3 is 2.38 bits per heavy atom. The molecule has 330 valence electrons. The van der Waals surface area contributed by atoms with Crippen LogP contribution >= 0.6 is 0 Å². The molecule has 2 saturated heterocycles. The molecular weight excluding hydrogens is 814 g/mol. The molecule has 2 atom stereocenters. The van der Waals surface area contributed by atoms with Crippen molar-refractivity contribution in [1.29, 1.82) is 0 Å². The first-order valence-electron chi connectivity index (χ1n) is 21.6. The molecular formula is C47H50FN5O10. The van der Waals surface area contributed by atoms with E-state index in [-0.39, 0.29) is 105 Å². The summed E-state index contributed by atoms with van der Waals surface area (Å²) in [5, 5.41) is 6.10. The summed E-state index contributed by atoms with van der Waals surface area (Å²) >= 11 is 0. The zero-order valence-electron chi connectivity index (χ0n) is 35.0. The van der Waals surface area contributed by atoms with Gasteiger partial charge < -0.3 is 29.2 Å². The van der Waals surface area contributed by atoms with Crippen LogP contribution in [0.3, 0.4) is 0 Å². The molecule has 3 fully saturated rings. The van der Waals surface area contributed by atoms with E-state index in [1.807, 2.05) is 37.3 Å². The lowest BCUT2D eigenvalue weighted by Gasteiger charge is -2.39. The Balaban J connectivity index is 0.671. The minimum Gasteiger partial charge on any atom is -0.490 e. The SMILES string of the molecule is C[C@@H](C(=O)Nc1ccc(OC2CN(C(=O)CCOCCOCCOc3cccc4c3C(=O)N(C3CCC(=O)NC3=O)C4=O)C2)cc1)C1CCC(c2ccnc3ccc(F)cc23)CC1. The lowest BCUT2D eigenvalue weighted by molar-refractivity contribution is -0.141. The molecule has 3 aliphatic heterocycles. The first-order valence-corrected chi connectivity index (χ1v) is 21.6. The molecule has 4 heterocycles. The third kappa shape index (κ3) is 9.87. The van der Waals surface area contributed by atoms with E-state index in [0.29, 0.717) is 30.4 Å². The molecule has 63 heavy (non-hydrogen) atoms. The summed E-state index contributed by atoms with van der Waals surface area (Å²) in [6.45, 7) is 3.93. The van der Waals surface area contributed by atoms with Crippen LogP contribution in [0.4, 0.5) is 10.1 Å². The number of amides is 6. The van der Waals surface area contributed by atoms with Crippen LogP contribution in [0.5, 0.6) is 11.5 Å². The van der Waals surface area contributed by atoms with Gasteiger partial charge in [0.1, 0.15) is 36.1 Å². The zero-order chi connectivity index (χ0) is 44.0. The molecule has 4 aromatic rings. The summed E-state index contributed by atoms with van der Waals surface area (Å²) in [6, 6.07) is 17.6. The average Bonchev–Trinajstić information content (AvgIpc) is 3.52. The fourth-order valence-electron chi connectivity index (χ4n) is 8.88. The van der Waals surface area contributed by atoms with Crippen molar-refractivity contribution in [3.63, 3.8) is 0 Å². The van der Waals surface area contributed by atoms with Crippen molar-refractivity contribution in [3.8, 4) is 11.5 Å². The van der Waals surface area contributed by atoms with Gasteiger partial charge in [-0.25, -0.2) is 4.39 Å². The van der Waals surface area contributed by atoms with Crippen molar-refractivity contribution < 1.29 is 52.1 Å². The number of aromatic nitrogens is 1. The van der Waals surface area contributed by atoms with Crippen molar-refractivity contribution >= 4 is 52.0 Å². The van der Waals surface area contributed by atoms with E-state index in [2.05, 4.69) is 15.6 Å². The van der Waals surface area contributed by atoms with Crippen LogP contribution in [-0.4, -0.2) is 108 Å². The lowest BCUT2D eigenvalue weighted by atomic mass is 9.73. The molecule has 1 unspecified atom stereocenters. The van der Waals surface area contributed by atoms with Gasteiger partial charge in [0.05, 0.1) is 62.6 Å². The third-order valence-electron chi connectivity index (χ3n) is 12.4. The molecule has 1 aromatic heterocycles. The number of anilines is 1.